The minimum atomic E-state index is -0.221. The Hall–Kier alpha value is 0.387. The van der Waals surface area contributed by atoms with Gasteiger partial charge in [0.2, 0.25) is 0 Å². The van der Waals surface area contributed by atoms with E-state index in [0.717, 1.165) is 6.42 Å². The van der Waals surface area contributed by atoms with E-state index in [2.05, 4.69) is 31.9 Å². The van der Waals surface area contributed by atoms with Gasteiger partial charge in [-0.2, -0.15) is 0 Å². The SMILES string of the molecule is CC=CC(=O)OCCCCCCCC[SiH2]C(Br)Br. The largest absolute Gasteiger partial charge is 0.463 e. The van der Waals surface area contributed by atoms with Crippen LogP contribution in [0.4, 0.5) is 0 Å². The lowest BCUT2D eigenvalue weighted by Gasteiger charge is -2.03. The predicted molar refractivity (Wildman–Crippen MR) is 88.5 cm³/mol. The van der Waals surface area contributed by atoms with Crippen molar-refractivity contribution in [1.29, 1.82) is 0 Å². The molecule has 0 heterocycles. The number of esters is 1. The second-order valence-corrected chi connectivity index (χ2v) is 12.3. The van der Waals surface area contributed by atoms with Gasteiger partial charge in [-0.05, 0) is 13.3 Å². The Morgan fingerprint density at radius 3 is 2.39 bits per heavy atom. The van der Waals surface area contributed by atoms with Crippen molar-refractivity contribution in [3.05, 3.63) is 12.2 Å². The number of unbranched alkanes of at least 4 members (excludes halogenated alkanes) is 5. The van der Waals surface area contributed by atoms with E-state index < -0.39 is 0 Å². The van der Waals surface area contributed by atoms with Crippen LogP contribution in [0.5, 0.6) is 0 Å². The molecular weight excluding hydrogens is 376 g/mol. The molecule has 0 unspecified atom stereocenters. The van der Waals surface area contributed by atoms with E-state index in [1.54, 1.807) is 6.08 Å². The first kappa shape index (κ1) is 18.4. The van der Waals surface area contributed by atoms with Gasteiger partial charge >= 0.3 is 5.97 Å². The summed E-state index contributed by atoms with van der Waals surface area (Å²) in [5, 5.41) is 0. The Kier molecular flexibility index (Phi) is 14.1. The second-order valence-electron chi connectivity index (χ2n) is 4.32. The quantitative estimate of drug-likeness (QED) is 0.172. The predicted octanol–water partition coefficient (Wildman–Crippen LogP) is 4.11. The maximum Gasteiger partial charge on any atom is 0.330 e. The van der Waals surface area contributed by atoms with Crippen molar-refractivity contribution in [2.24, 2.45) is 0 Å². The van der Waals surface area contributed by atoms with Crippen molar-refractivity contribution in [3.8, 4) is 0 Å². The van der Waals surface area contributed by atoms with E-state index in [4.69, 9.17) is 4.74 Å². The fraction of sp³-hybridized carbons (Fsp3) is 0.769. The summed E-state index contributed by atoms with van der Waals surface area (Å²) < 4.78 is 5.63. The van der Waals surface area contributed by atoms with Gasteiger partial charge in [-0.3, -0.25) is 0 Å². The Morgan fingerprint density at radius 1 is 1.17 bits per heavy atom. The summed E-state index contributed by atoms with van der Waals surface area (Å²) in [5.74, 6) is -0.221. The summed E-state index contributed by atoms with van der Waals surface area (Å²) in [5.41, 5.74) is 0. The van der Waals surface area contributed by atoms with Crippen LogP contribution in [0.3, 0.4) is 0 Å². The maximum absolute atomic E-state index is 11.0. The molecule has 0 amide bonds. The van der Waals surface area contributed by atoms with Crippen LogP contribution in [0, 0.1) is 0 Å². The first-order valence-corrected chi connectivity index (χ1v) is 10.4. The molecule has 0 aliphatic carbocycles. The molecule has 0 atom stereocenters. The van der Waals surface area contributed by atoms with Gasteiger partial charge in [-0.1, -0.05) is 76.1 Å². The summed E-state index contributed by atoms with van der Waals surface area (Å²) in [6.07, 6.45) is 10.6. The van der Waals surface area contributed by atoms with Gasteiger partial charge in [0.15, 0.2) is 0 Å². The minimum absolute atomic E-state index is 0.0536. The molecule has 0 radical (unpaired) electrons. The number of ether oxygens (including phenoxy) is 1. The normalized spacial score (nSPS) is 12.0. The molecule has 0 saturated carbocycles. The fourth-order valence-electron chi connectivity index (χ4n) is 1.64. The monoisotopic (exact) mass is 398 g/mol. The average Bonchev–Trinajstić information content (AvgIpc) is 2.31. The molecule has 0 aromatic carbocycles. The molecule has 5 heteroatoms. The van der Waals surface area contributed by atoms with Crippen LogP contribution < -0.4 is 0 Å². The molecule has 0 fully saturated rings. The van der Waals surface area contributed by atoms with Crippen molar-refractivity contribution in [2.75, 3.05) is 6.61 Å². The van der Waals surface area contributed by atoms with Crippen LogP contribution >= 0.6 is 31.9 Å². The molecule has 0 aromatic rings. The zero-order chi connectivity index (χ0) is 13.6. The van der Waals surface area contributed by atoms with Crippen LogP contribution in [0.1, 0.15) is 45.4 Å². The average molecular weight is 400 g/mol. The third-order valence-electron chi connectivity index (χ3n) is 2.61. The van der Waals surface area contributed by atoms with Crippen molar-refractivity contribution in [2.45, 2.75) is 54.9 Å². The second kappa shape index (κ2) is 13.8. The van der Waals surface area contributed by atoms with Crippen molar-refractivity contribution >= 4 is 47.3 Å². The van der Waals surface area contributed by atoms with E-state index in [9.17, 15) is 4.79 Å². The standard InChI is InChI=1S/C13H24Br2O2Si/c1-2-9-12(16)17-10-7-5-3-4-6-8-11-18-13(14)15/h2,9,13H,3-8,10-11,18H2,1H3. The molecular formula is C13H24Br2O2Si. The van der Waals surface area contributed by atoms with Crippen LogP contribution in [0.25, 0.3) is 0 Å². The number of hydrogen-bond donors (Lipinski definition) is 0. The molecule has 0 aromatic heterocycles. The molecule has 0 spiro atoms. The summed E-state index contributed by atoms with van der Waals surface area (Å²) in [6, 6.07) is 1.42. The smallest absolute Gasteiger partial charge is 0.330 e. The van der Waals surface area contributed by atoms with Crippen LogP contribution in [0.15, 0.2) is 12.2 Å². The van der Waals surface area contributed by atoms with Gasteiger partial charge in [0, 0.05) is 15.6 Å². The number of rotatable bonds is 11. The lowest BCUT2D eigenvalue weighted by atomic mass is 10.1. The summed E-state index contributed by atoms with van der Waals surface area (Å²) in [4.78, 5) is 11.0. The third-order valence-corrected chi connectivity index (χ3v) is 6.71. The van der Waals surface area contributed by atoms with Crippen LogP contribution in [-0.4, -0.2) is 25.5 Å². The van der Waals surface area contributed by atoms with Gasteiger partial charge in [0.25, 0.3) is 0 Å². The highest BCUT2D eigenvalue weighted by molar-refractivity contribution is 9.25. The molecule has 0 aliphatic rings. The Morgan fingerprint density at radius 2 is 1.78 bits per heavy atom. The fourth-order valence-corrected chi connectivity index (χ4v) is 4.53. The first-order valence-electron chi connectivity index (χ1n) is 6.74. The Labute approximate surface area is 130 Å². The summed E-state index contributed by atoms with van der Waals surface area (Å²) >= 11 is 7.08. The van der Waals surface area contributed by atoms with Gasteiger partial charge in [0.05, 0.1) is 9.97 Å². The number of allylic oxidation sites excluding steroid dienone is 1. The molecule has 0 aliphatic heterocycles. The van der Waals surface area contributed by atoms with Gasteiger partial charge < -0.3 is 4.74 Å². The zero-order valence-electron chi connectivity index (χ0n) is 11.2. The van der Waals surface area contributed by atoms with Gasteiger partial charge in [-0.25, -0.2) is 4.79 Å². The highest BCUT2D eigenvalue weighted by atomic mass is 79.9. The molecule has 0 bridgehead atoms. The van der Waals surface area contributed by atoms with Gasteiger partial charge in [-0.15, -0.1) is 0 Å². The van der Waals surface area contributed by atoms with Gasteiger partial charge in [0.1, 0.15) is 0 Å². The molecule has 106 valence electrons. The first-order chi connectivity index (χ1) is 8.66. The molecule has 18 heavy (non-hydrogen) atoms. The van der Waals surface area contributed by atoms with E-state index in [1.165, 1.54) is 44.2 Å². The Bertz CT molecular complexity index is 233. The number of carbonyl (C=O) groups excluding carboxylic acids is 1. The van der Waals surface area contributed by atoms with Crippen LogP contribution in [-0.2, 0) is 9.53 Å². The maximum atomic E-state index is 11.0. The minimum Gasteiger partial charge on any atom is -0.463 e. The van der Waals surface area contributed by atoms with Crippen LogP contribution in [0.2, 0.25) is 6.04 Å². The number of halogens is 2. The van der Waals surface area contributed by atoms with Crippen molar-refractivity contribution in [3.63, 3.8) is 0 Å². The van der Waals surface area contributed by atoms with E-state index in [-0.39, 0.29) is 15.5 Å². The van der Waals surface area contributed by atoms with Crippen molar-refractivity contribution < 1.29 is 9.53 Å². The highest BCUT2D eigenvalue weighted by Gasteiger charge is 1.99. The van der Waals surface area contributed by atoms with E-state index >= 15 is 0 Å². The Balaban J connectivity index is 3.10. The number of alkyl halides is 2. The lowest BCUT2D eigenvalue weighted by Crippen LogP contribution is -2.02. The summed E-state index contributed by atoms with van der Waals surface area (Å²) in [7, 11) is 0.0536. The molecule has 2 nitrogen and oxygen atoms in total. The highest BCUT2D eigenvalue weighted by Crippen LogP contribution is 2.12. The molecule has 0 N–H and O–H groups in total. The molecule has 0 rings (SSSR count). The number of carbonyl (C=O) groups is 1. The molecule has 0 saturated heterocycles. The third kappa shape index (κ3) is 14.4. The number of hydrogen-bond acceptors (Lipinski definition) is 2. The van der Waals surface area contributed by atoms with Crippen molar-refractivity contribution in [1.82, 2.24) is 0 Å². The van der Waals surface area contributed by atoms with E-state index in [0.29, 0.717) is 9.97 Å². The lowest BCUT2D eigenvalue weighted by molar-refractivity contribution is -0.137. The summed E-state index contributed by atoms with van der Waals surface area (Å²) in [6.45, 7) is 2.38. The van der Waals surface area contributed by atoms with E-state index in [1.807, 2.05) is 6.92 Å². The zero-order valence-corrected chi connectivity index (χ0v) is 15.8. The topological polar surface area (TPSA) is 26.3 Å².